The van der Waals surface area contributed by atoms with E-state index in [0.29, 0.717) is 19.3 Å². The molecular formula is C9H18N2O3S. The van der Waals surface area contributed by atoms with Crippen molar-refractivity contribution >= 4 is 15.9 Å². The van der Waals surface area contributed by atoms with E-state index in [0.717, 1.165) is 0 Å². The molecule has 88 valence electrons. The van der Waals surface area contributed by atoms with E-state index < -0.39 is 22.0 Å². The Hall–Kier alpha value is -0.620. The fraction of sp³-hybridized carbons (Fsp3) is 0.889. The van der Waals surface area contributed by atoms with Crippen LogP contribution >= 0.6 is 0 Å². The molecule has 0 aromatic carbocycles. The highest BCUT2D eigenvalue weighted by Crippen LogP contribution is 2.27. The van der Waals surface area contributed by atoms with Crippen LogP contribution in [0.1, 0.15) is 33.1 Å². The minimum atomic E-state index is -3.33. The van der Waals surface area contributed by atoms with Gasteiger partial charge in [-0.2, -0.15) is 0 Å². The number of rotatable bonds is 6. The largest absolute Gasteiger partial charge is 0.368 e. The van der Waals surface area contributed by atoms with Gasteiger partial charge in [0, 0.05) is 0 Å². The maximum atomic E-state index is 11.6. The maximum Gasteiger partial charge on any atom is 0.235 e. The number of primary amides is 1. The highest BCUT2D eigenvalue weighted by Gasteiger charge is 2.37. The Morgan fingerprint density at radius 3 is 2.33 bits per heavy atom. The molecule has 5 nitrogen and oxygen atoms in total. The molecule has 0 heterocycles. The van der Waals surface area contributed by atoms with E-state index in [4.69, 9.17) is 5.73 Å². The third-order valence-electron chi connectivity index (χ3n) is 2.32. The van der Waals surface area contributed by atoms with Crippen LogP contribution in [0.25, 0.3) is 0 Å². The molecule has 6 heteroatoms. The lowest BCUT2D eigenvalue weighted by Crippen LogP contribution is -2.46. The number of nitrogens with two attached hydrogens (primary N) is 1. The van der Waals surface area contributed by atoms with Crippen LogP contribution in [0.15, 0.2) is 0 Å². The second-order valence-corrected chi connectivity index (χ2v) is 6.44. The molecule has 1 rings (SSSR count). The van der Waals surface area contributed by atoms with Crippen LogP contribution in [0.5, 0.6) is 0 Å². The van der Waals surface area contributed by atoms with Crippen LogP contribution < -0.4 is 10.5 Å². The summed E-state index contributed by atoms with van der Waals surface area (Å²) in [6.07, 6.45) is 1.81. The maximum absolute atomic E-state index is 11.6. The number of nitrogens with one attached hydrogen (secondary N) is 1. The SMILES string of the molecule is CC(C)C[C@H](NS(=O)(=O)C1CC1)C(N)=O. The molecule has 0 saturated heterocycles. The highest BCUT2D eigenvalue weighted by atomic mass is 32.2. The summed E-state index contributed by atoms with van der Waals surface area (Å²) >= 11 is 0. The van der Waals surface area contributed by atoms with E-state index >= 15 is 0 Å². The molecule has 1 atom stereocenters. The van der Waals surface area contributed by atoms with Gasteiger partial charge >= 0.3 is 0 Å². The Bertz CT molecular complexity index is 333. The third-order valence-corrected chi connectivity index (χ3v) is 4.28. The number of hydrogen-bond acceptors (Lipinski definition) is 3. The molecule has 0 unspecified atom stereocenters. The van der Waals surface area contributed by atoms with Gasteiger partial charge in [0.15, 0.2) is 0 Å². The van der Waals surface area contributed by atoms with Crippen LogP contribution in [0, 0.1) is 5.92 Å². The first kappa shape index (κ1) is 12.4. The van der Waals surface area contributed by atoms with Crippen molar-refractivity contribution in [3.63, 3.8) is 0 Å². The quantitative estimate of drug-likeness (QED) is 0.676. The van der Waals surface area contributed by atoms with Crippen molar-refractivity contribution in [1.29, 1.82) is 0 Å². The van der Waals surface area contributed by atoms with Crippen molar-refractivity contribution in [2.45, 2.75) is 44.4 Å². The summed E-state index contributed by atoms with van der Waals surface area (Å²) in [7, 11) is -3.33. The number of sulfonamides is 1. The van der Waals surface area contributed by atoms with E-state index in [-0.39, 0.29) is 11.2 Å². The lowest BCUT2D eigenvalue weighted by molar-refractivity contribution is -0.119. The van der Waals surface area contributed by atoms with Gasteiger partial charge in [-0.1, -0.05) is 13.8 Å². The minimum Gasteiger partial charge on any atom is -0.368 e. The number of amides is 1. The van der Waals surface area contributed by atoms with Gasteiger partial charge in [-0.15, -0.1) is 0 Å². The van der Waals surface area contributed by atoms with E-state index in [1.807, 2.05) is 13.8 Å². The Labute approximate surface area is 90.5 Å². The van der Waals surface area contributed by atoms with Crippen LogP contribution in [-0.4, -0.2) is 25.6 Å². The van der Waals surface area contributed by atoms with Crippen molar-refractivity contribution in [3.8, 4) is 0 Å². The average molecular weight is 234 g/mol. The molecule has 0 radical (unpaired) electrons. The Morgan fingerprint density at radius 2 is 2.00 bits per heavy atom. The van der Waals surface area contributed by atoms with E-state index in [9.17, 15) is 13.2 Å². The van der Waals surface area contributed by atoms with Crippen molar-refractivity contribution < 1.29 is 13.2 Å². The van der Waals surface area contributed by atoms with Crippen LogP contribution in [0.4, 0.5) is 0 Å². The molecule has 0 aromatic rings. The third kappa shape index (κ3) is 3.79. The fourth-order valence-electron chi connectivity index (χ4n) is 1.37. The molecule has 0 aliphatic heterocycles. The summed E-state index contributed by atoms with van der Waals surface area (Å²) in [5, 5.41) is -0.313. The van der Waals surface area contributed by atoms with Crippen LogP contribution in [-0.2, 0) is 14.8 Å². The summed E-state index contributed by atoms with van der Waals surface area (Å²) in [6.45, 7) is 3.84. The van der Waals surface area contributed by atoms with Crippen molar-refractivity contribution in [2.75, 3.05) is 0 Å². The topological polar surface area (TPSA) is 89.3 Å². The van der Waals surface area contributed by atoms with Gasteiger partial charge < -0.3 is 5.73 Å². The zero-order chi connectivity index (χ0) is 11.6. The second-order valence-electron chi connectivity index (χ2n) is 4.45. The molecule has 3 N–H and O–H groups in total. The summed E-state index contributed by atoms with van der Waals surface area (Å²) in [5.41, 5.74) is 5.15. The zero-order valence-electron chi connectivity index (χ0n) is 9.06. The molecule has 0 spiro atoms. The van der Waals surface area contributed by atoms with Gasteiger partial charge in [-0.25, -0.2) is 13.1 Å². The fourth-order valence-corrected chi connectivity index (χ4v) is 2.92. The molecule has 15 heavy (non-hydrogen) atoms. The number of hydrogen-bond donors (Lipinski definition) is 2. The highest BCUT2D eigenvalue weighted by molar-refractivity contribution is 7.90. The van der Waals surface area contributed by atoms with E-state index in [1.165, 1.54) is 0 Å². The first-order valence-corrected chi connectivity index (χ1v) is 6.68. The second kappa shape index (κ2) is 4.49. The molecule has 1 aliphatic carbocycles. The van der Waals surface area contributed by atoms with Crippen molar-refractivity contribution in [2.24, 2.45) is 11.7 Å². The van der Waals surface area contributed by atoms with Gasteiger partial charge in [0.25, 0.3) is 0 Å². The van der Waals surface area contributed by atoms with E-state index in [2.05, 4.69) is 4.72 Å². The standard InChI is InChI=1S/C9H18N2O3S/c1-6(2)5-8(9(10)12)11-15(13,14)7-3-4-7/h6-8,11H,3-5H2,1-2H3,(H2,10,12)/t8-/m0/s1. The van der Waals surface area contributed by atoms with Gasteiger partial charge in [0.2, 0.25) is 15.9 Å². The smallest absolute Gasteiger partial charge is 0.235 e. The Morgan fingerprint density at radius 1 is 1.47 bits per heavy atom. The predicted molar refractivity (Wildman–Crippen MR) is 57.5 cm³/mol. The summed E-state index contributed by atoms with van der Waals surface area (Å²) in [5.74, 6) is -0.377. The average Bonchev–Trinajstić information content (AvgIpc) is 2.82. The van der Waals surface area contributed by atoms with Crippen molar-refractivity contribution in [3.05, 3.63) is 0 Å². The molecule has 1 amide bonds. The molecule has 0 aromatic heterocycles. The van der Waals surface area contributed by atoms with Crippen molar-refractivity contribution in [1.82, 2.24) is 4.72 Å². The minimum absolute atomic E-state index is 0.226. The normalized spacial score (nSPS) is 19.1. The zero-order valence-corrected chi connectivity index (χ0v) is 9.88. The summed E-state index contributed by atoms with van der Waals surface area (Å²) in [6, 6.07) is -0.768. The number of carbonyl (C=O) groups excluding carboxylic acids is 1. The van der Waals surface area contributed by atoms with Gasteiger partial charge in [-0.05, 0) is 25.2 Å². The first-order valence-electron chi connectivity index (χ1n) is 5.13. The lowest BCUT2D eigenvalue weighted by atomic mass is 10.0. The van der Waals surface area contributed by atoms with Gasteiger partial charge in [0.1, 0.15) is 6.04 Å². The monoisotopic (exact) mass is 234 g/mol. The number of carbonyl (C=O) groups is 1. The molecule has 1 aliphatic rings. The van der Waals surface area contributed by atoms with Gasteiger partial charge in [0.05, 0.1) is 5.25 Å². The van der Waals surface area contributed by atoms with Gasteiger partial charge in [-0.3, -0.25) is 4.79 Å². The molecule has 0 bridgehead atoms. The van der Waals surface area contributed by atoms with E-state index in [1.54, 1.807) is 0 Å². The summed E-state index contributed by atoms with van der Waals surface area (Å²) < 4.78 is 25.5. The lowest BCUT2D eigenvalue weighted by Gasteiger charge is -2.17. The molecule has 1 fully saturated rings. The molecule has 1 saturated carbocycles. The summed E-state index contributed by atoms with van der Waals surface area (Å²) in [4.78, 5) is 11.1. The predicted octanol–water partition coefficient (Wildman–Crippen LogP) is -0.0318. The van der Waals surface area contributed by atoms with Crippen LogP contribution in [0.2, 0.25) is 0 Å². The van der Waals surface area contributed by atoms with Crippen LogP contribution in [0.3, 0.4) is 0 Å². The molecular weight excluding hydrogens is 216 g/mol. The first-order chi connectivity index (χ1) is 6.83. The Balaban J connectivity index is 2.61. The Kier molecular flexibility index (Phi) is 3.72.